The third-order valence-electron chi connectivity index (χ3n) is 3.36. The maximum Gasteiger partial charge on any atom is 0.216 e. The molecule has 0 radical (unpaired) electrons. The van der Waals surface area contributed by atoms with Gasteiger partial charge in [0, 0.05) is 11.3 Å². The van der Waals surface area contributed by atoms with E-state index >= 15 is 0 Å². The summed E-state index contributed by atoms with van der Waals surface area (Å²) in [4.78, 5) is 4.50. The van der Waals surface area contributed by atoms with E-state index in [4.69, 9.17) is 4.42 Å². The van der Waals surface area contributed by atoms with Gasteiger partial charge in [-0.3, -0.25) is 5.10 Å². The van der Waals surface area contributed by atoms with Crippen LogP contribution in [0.3, 0.4) is 0 Å². The number of H-pyrrole nitrogens is 1. The van der Waals surface area contributed by atoms with Crippen molar-refractivity contribution in [3.63, 3.8) is 0 Å². The van der Waals surface area contributed by atoms with E-state index in [-0.39, 0.29) is 0 Å². The van der Waals surface area contributed by atoms with Gasteiger partial charge in [-0.1, -0.05) is 11.6 Å². The number of aryl methyl sites for hydroxylation is 1. The average molecular weight is 239 g/mol. The van der Waals surface area contributed by atoms with Crippen LogP contribution in [0.4, 0.5) is 0 Å². The Balaban J connectivity index is 1.80. The van der Waals surface area contributed by atoms with Crippen LogP contribution in [-0.4, -0.2) is 15.2 Å². The van der Waals surface area contributed by atoms with Crippen molar-refractivity contribution in [2.75, 3.05) is 0 Å². The first kappa shape index (κ1) is 9.88. The van der Waals surface area contributed by atoms with E-state index in [1.54, 1.807) is 0 Å². The number of aromatic amines is 1. The average Bonchev–Trinajstić information content (AvgIpc) is 2.95. The lowest BCUT2D eigenvalue weighted by Crippen LogP contribution is -1.80. The first-order valence-corrected chi connectivity index (χ1v) is 6.22. The van der Waals surface area contributed by atoms with Gasteiger partial charge in [-0.2, -0.15) is 5.10 Å². The molecule has 1 N–H and O–H groups in total. The summed E-state index contributed by atoms with van der Waals surface area (Å²) in [5, 5.41) is 8.34. The zero-order valence-corrected chi connectivity index (χ0v) is 10.1. The molecule has 0 bridgehead atoms. The third-order valence-corrected chi connectivity index (χ3v) is 3.36. The highest BCUT2D eigenvalue weighted by molar-refractivity contribution is 5.82. The van der Waals surface area contributed by atoms with Crippen molar-refractivity contribution in [1.82, 2.24) is 15.2 Å². The summed E-state index contributed by atoms with van der Waals surface area (Å²) in [5.74, 6) is 2.96. The van der Waals surface area contributed by atoms with Crippen molar-refractivity contribution in [3.05, 3.63) is 35.7 Å². The van der Waals surface area contributed by atoms with Gasteiger partial charge in [0.25, 0.3) is 0 Å². The molecule has 0 unspecified atom stereocenters. The number of nitrogens with zero attached hydrogens (tertiary/aromatic N) is 2. The Morgan fingerprint density at radius 2 is 2.17 bits per heavy atom. The van der Waals surface area contributed by atoms with Crippen LogP contribution in [0.15, 0.2) is 28.7 Å². The number of rotatable bonds is 2. The van der Waals surface area contributed by atoms with Crippen molar-refractivity contribution in [2.45, 2.75) is 25.7 Å². The molecule has 0 spiro atoms. The molecule has 1 aliphatic carbocycles. The van der Waals surface area contributed by atoms with Gasteiger partial charge >= 0.3 is 0 Å². The molecule has 2 aromatic heterocycles. The fourth-order valence-electron chi connectivity index (χ4n) is 2.20. The highest BCUT2D eigenvalue weighted by Crippen LogP contribution is 2.38. The quantitative estimate of drug-likeness (QED) is 0.745. The molecule has 18 heavy (non-hydrogen) atoms. The minimum atomic E-state index is 0.581. The fraction of sp³-hybridized carbons (Fsp3) is 0.286. The second-order valence-electron chi connectivity index (χ2n) is 4.97. The predicted octanol–water partition coefficient (Wildman–Crippen LogP) is 3.40. The zero-order valence-electron chi connectivity index (χ0n) is 10.1. The number of fused-ring (bicyclic) bond motifs is 1. The van der Waals surface area contributed by atoms with E-state index in [1.165, 1.54) is 18.4 Å². The number of nitrogens with one attached hydrogen (secondary N) is 1. The predicted molar refractivity (Wildman–Crippen MR) is 68.3 cm³/mol. The lowest BCUT2D eigenvalue weighted by Gasteiger charge is -1.89. The number of hydrogen-bond donors (Lipinski definition) is 1. The molecule has 4 rings (SSSR count). The van der Waals surface area contributed by atoms with Crippen LogP contribution in [0, 0.1) is 6.92 Å². The summed E-state index contributed by atoms with van der Waals surface area (Å²) in [5.41, 5.74) is 2.11. The molecule has 0 saturated heterocycles. The normalized spacial score (nSPS) is 15.4. The van der Waals surface area contributed by atoms with Crippen LogP contribution in [0.1, 0.15) is 30.1 Å². The number of benzene rings is 1. The van der Waals surface area contributed by atoms with Crippen LogP contribution in [0.25, 0.3) is 22.6 Å². The van der Waals surface area contributed by atoms with Crippen molar-refractivity contribution in [3.8, 4) is 11.6 Å². The summed E-state index contributed by atoms with van der Waals surface area (Å²) >= 11 is 0. The van der Waals surface area contributed by atoms with E-state index in [2.05, 4.69) is 28.2 Å². The molecule has 1 saturated carbocycles. The fourth-order valence-corrected chi connectivity index (χ4v) is 2.20. The number of furan rings is 1. The van der Waals surface area contributed by atoms with E-state index in [1.807, 2.05) is 18.2 Å². The topological polar surface area (TPSA) is 54.7 Å². The monoisotopic (exact) mass is 239 g/mol. The Morgan fingerprint density at radius 3 is 3.00 bits per heavy atom. The Labute approximate surface area is 104 Å². The van der Waals surface area contributed by atoms with E-state index in [0.717, 1.165) is 22.6 Å². The molecule has 0 aliphatic heterocycles. The Bertz CT molecular complexity index is 722. The van der Waals surface area contributed by atoms with Crippen molar-refractivity contribution in [1.29, 1.82) is 0 Å². The lowest BCUT2D eigenvalue weighted by atomic mass is 10.2. The summed E-state index contributed by atoms with van der Waals surface area (Å²) < 4.78 is 5.78. The molecule has 0 amide bonds. The molecule has 3 aromatic rings. The number of hydrogen-bond acceptors (Lipinski definition) is 3. The maximum atomic E-state index is 5.78. The van der Waals surface area contributed by atoms with Crippen LogP contribution in [-0.2, 0) is 0 Å². The first-order chi connectivity index (χ1) is 8.79. The Kier molecular flexibility index (Phi) is 1.89. The molecule has 4 nitrogen and oxygen atoms in total. The SMILES string of the molecule is Cc1ccc2oc(-c3n[nH]c(C4CC4)n3)cc2c1. The van der Waals surface area contributed by atoms with Gasteiger partial charge < -0.3 is 4.42 Å². The standard InChI is InChI=1S/C14H13N3O/c1-8-2-5-11-10(6-8)7-12(18-11)14-15-13(16-17-14)9-3-4-9/h2,5-7,9H,3-4H2,1H3,(H,15,16,17). The Morgan fingerprint density at radius 1 is 1.28 bits per heavy atom. The summed E-state index contributed by atoms with van der Waals surface area (Å²) in [7, 11) is 0. The molecule has 0 atom stereocenters. The van der Waals surface area contributed by atoms with Gasteiger partial charge in [-0.25, -0.2) is 4.98 Å². The molecule has 4 heteroatoms. The lowest BCUT2D eigenvalue weighted by molar-refractivity contribution is 0.625. The second kappa shape index (κ2) is 3.45. The van der Waals surface area contributed by atoms with Gasteiger partial charge in [0.2, 0.25) is 5.82 Å². The summed E-state index contributed by atoms with van der Waals surface area (Å²) in [6.45, 7) is 2.07. The van der Waals surface area contributed by atoms with Crippen molar-refractivity contribution in [2.24, 2.45) is 0 Å². The van der Waals surface area contributed by atoms with Crippen LogP contribution < -0.4 is 0 Å². The van der Waals surface area contributed by atoms with Crippen LogP contribution >= 0.6 is 0 Å². The highest BCUT2D eigenvalue weighted by atomic mass is 16.3. The van der Waals surface area contributed by atoms with Gasteiger partial charge in [0.05, 0.1) is 0 Å². The van der Waals surface area contributed by atoms with Gasteiger partial charge in [-0.15, -0.1) is 0 Å². The van der Waals surface area contributed by atoms with E-state index < -0.39 is 0 Å². The molecule has 1 fully saturated rings. The summed E-state index contributed by atoms with van der Waals surface area (Å²) in [6, 6.07) is 8.14. The van der Waals surface area contributed by atoms with Crippen molar-refractivity contribution < 1.29 is 4.42 Å². The molecular weight excluding hydrogens is 226 g/mol. The van der Waals surface area contributed by atoms with Gasteiger partial charge in [0.15, 0.2) is 5.76 Å². The molecule has 90 valence electrons. The van der Waals surface area contributed by atoms with Gasteiger partial charge in [0.1, 0.15) is 11.4 Å². The van der Waals surface area contributed by atoms with Gasteiger partial charge in [-0.05, 0) is 38.0 Å². The minimum absolute atomic E-state index is 0.581. The minimum Gasteiger partial charge on any atom is -0.453 e. The van der Waals surface area contributed by atoms with Crippen LogP contribution in [0.5, 0.6) is 0 Å². The van der Waals surface area contributed by atoms with Crippen molar-refractivity contribution >= 4 is 11.0 Å². The first-order valence-electron chi connectivity index (χ1n) is 6.22. The second-order valence-corrected chi connectivity index (χ2v) is 4.97. The smallest absolute Gasteiger partial charge is 0.216 e. The van der Waals surface area contributed by atoms with Crippen LogP contribution in [0.2, 0.25) is 0 Å². The molecule has 1 aromatic carbocycles. The van der Waals surface area contributed by atoms with E-state index in [9.17, 15) is 0 Å². The largest absolute Gasteiger partial charge is 0.453 e. The molecular formula is C14H13N3O. The zero-order chi connectivity index (χ0) is 12.1. The summed E-state index contributed by atoms with van der Waals surface area (Å²) in [6.07, 6.45) is 2.43. The highest BCUT2D eigenvalue weighted by Gasteiger charge is 2.27. The number of aromatic nitrogens is 3. The maximum absolute atomic E-state index is 5.78. The van der Waals surface area contributed by atoms with E-state index in [0.29, 0.717) is 11.7 Å². The molecule has 2 heterocycles. The Hall–Kier alpha value is -2.10. The third kappa shape index (κ3) is 1.53. The molecule has 1 aliphatic rings.